The Hall–Kier alpha value is -2.49. The Labute approximate surface area is 164 Å². The van der Waals surface area contributed by atoms with Gasteiger partial charge in [0.05, 0.1) is 22.3 Å². The second-order valence-electron chi connectivity index (χ2n) is 6.55. The fourth-order valence-corrected chi connectivity index (χ4v) is 3.67. The molecule has 1 saturated heterocycles. The maximum atomic E-state index is 13.9. The number of hydrogen-bond acceptors (Lipinski definition) is 3. The van der Waals surface area contributed by atoms with E-state index < -0.39 is 35.9 Å². The number of likely N-dealkylation sites (tertiary alicyclic amines) is 1. The number of carbonyl (C=O) groups excluding carboxylic acids is 1. The van der Waals surface area contributed by atoms with Crippen LogP contribution in [0.4, 0.5) is 23.2 Å². The van der Waals surface area contributed by atoms with Crippen molar-refractivity contribution >= 4 is 28.8 Å². The zero-order valence-electron chi connectivity index (χ0n) is 15.1. The van der Waals surface area contributed by atoms with Gasteiger partial charge in [-0.3, -0.25) is 4.79 Å². The van der Waals surface area contributed by atoms with Gasteiger partial charge < -0.3 is 10.2 Å². The van der Waals surface area contributed by atoms with E-state index >= 15 is 0 Å². The number of aromatic nitrogens is 2. The Balaban J connectivity index is 1.91. The molecule has 1 aromatic carbocycles. The molecule has 3 rings (SSSR count). The average molecular weight is 414 g/mol. The van der Waals surface area contributed by atoms with Gasteiger partial charge in [0.15, 0.2) is 0 Å². The minimum Gasteiger partial charge on any atom is -0.368 e. The van der Waals surface area contributed by atoms with Crippen molar-refractivity contribution in [2.75, 3.05) is 18.9 Å². The van der Waals surface area contributed by atoms with E-state index in [0.29, 0.717) is 40.1 Å². The second kappa shape index (κ2) is 7.86. The zero-order chi connectivity index (χ0) is 20.6. The summed E-state index contributed by atoms with van der Waals surface area (Å²) in [5.41, 5.74) is 0.479. The topological polar surface area (TPSA) is 50.2 Å². The van der Waals surface area contributed by atoms with Crippen LogP contribution >= 0.6 is 12.2 Å². The predicted octanol–water partition coefficient (Wildman–Crippen LogP) is 3.73. The fraction of sp³-hybridized carbons (Fsp3) is 0.389. The second-order valence-corrected chi connectivity index (χ2v) is 6.97. The van der Waals surface area contributed by atoms with Gasteiger partial charge in [-0.25, -0.2) is 13.5 Å². The molecular formula is C18H18F4N4OS. The Bertz CT molecular complexity index is 917. The largest absolute Gasteiger partial charge is 0.368 e. The summed E-state index contributed by atoms with van der Waals surface area (Å²) in [6.07, 6.45) is 0.349. The Morgan fingerprint density at radius 3 is 2.64 bits per heavy atom. The first-order chi connectivity index (χ1) is 13.2. The molecule has 1 aromatic heterocycles. The third-order valence-corrected chi connectivity index (χ3v) is 5.31. The van der Waals surface area contributed by atoms with Crippen molar-refractivity contribution in [1.82, 2.24) is 14.7 Å². The molecule has 10 heteroatoms. The van der Waals surface area contributed by atoms with Crippen molar-refractivity contribution in [2.24, 2.45) is 5.92 Å². The van der Waals surface area contributed by atoms with Crippen LogP contribution in [0.15, 0.2) is 24.3 Å². The molecule has 1 fully saturated rings. The number of nitrogens with zero attached hydrogens (tertiary/aromatic N) is 3. The normalized spacial score (nSPS) is 19.5. The smallest absolute Gasteiger partial charge is 0.333 e. The van der Waals surface area contributed by atoms with Crippen molar-refractivity contribution in [3.8, 4) is 0 Å². The van der Waals surface area contributed by atoms with Crippen LogP contribution in [0, 0.1) is 17.6 Å². The van der Waals surface area contributed by atoms with Crippen LogP contribution < -0.4 is 5.32 Å². The van der Waals surface area contributed by atoms with Crippen LogP contribution in [0.1, 0.15) is 30.8 Å². The van der Waals surface area contributed by atoms with Gasteiger partial charge in [-0.1, -0.05) is 19.1 Å². The molecular weight excluding hydrogens is 396 g/mol. The van der Waals surface area contributed by atoms with Gasteiger partial charge in [0.1, 0.15) is 11.6 Å². The molecule has 1 aliphatic heterocycles. The number of rotatable bonds is 5. The van der Waals surface area contributed by atoms with Gasteiger partial charge in [-0.05, 0) is 24.6 Å². The summed E-state index contributed by atoms with van der Waals surface area (Å²) in [6, 6.07) is 4.33. The van der Waals surface area contributed by atoms with E-state index in [1.54, 1.807) is 18.9 Å². The summed E-state index contributed by atoms with van der Waals surface area (Å²) in [6.45, 7) is -0.755. The van der Waals surface area contributed by atoms with E-state index in [4.69, 9.17) is 12.2 Å². The molecule has 2 atom stereocenters. The van der Waals surface area contributed by atoms with Crippen LogP contribution in [-0.2, 0) is 11.2 Å². The molecule has 2 unspecified atom stereocenters. The van der Waals surface area contributed by atoms with Crippen molar-refractivity contribution in [2.45, 2.75) is 25.8 Å². The predicted molar refractivity (Wildman–Crippen MR) is 99.3 cm³/mol. The number of amides is 1. The number of halogens is 4. The van der Waals surface area contributed by atoms with E-state index in [1.165, 1.54) is 6.07 Å². The van der Waals surface area contributed by atoms with Gasteiger partial charge in [0.25, 0.3) is 0 Å². The summed E-state index contributed by atoms with van der Waals surface area (Å²) >= 11 is 5.33. The molecule has 0 radical (unpaired) electrons. The third kappa shape index (κ3) is 3.73. The fourth-order valence-electron chi connectivity index (χ4n) is 3.33. The summed E-state index contributed by atoms with van der Waals surface area (Å²) < 4.78 is 54.0. The first kappa shape index (κ1) is 20.2. The summed E-state index contributed by atoms with van der Waals surface area (Å²) in [5.74, 6) is -3.75. The zero-order valence-corrected chi connectivity index (χ0v) is 15.9. The van der Waals surface area contributed by atoms with Gasteiger partial charge >= 0.3 is 6.55 Å². The molecule has 150 valence electrons. The first-order valence-corrected chi connectivity index (χ1v) is 9.01. The van der Waals surface area contributed by atoms with Crippen LogP contribution in [0.25, 0.3) is 0 Å². The van der Waals surface area contributed by atoms with Gasteiger partial charge in [0.2, 0.25) is 5.91 Å². The molecule has 0 saturated carbocycles. The Kier molecular flexibility index (Phi) is 5.69. The van der Waals surface area contributed by atoms with Crippen LogP contribution in [0.2, 0.25) is 0 Å². The third-order valence-electron chi connectivity index (χ3n) is 4.75. The van der Waals surface area contributed by atoms with Crippen LogP contribution in [0.3, 0.4) is 0 Å². The van der Waals surface area contributed by atoms with E-state index in [0.717, 1.165) is 12.1 Å². The highest BCUT2D eigenvalue weighted by Gasteiger charge is 2.43. The first-order valence-electron chi connectivity index (χ1n) is 8.60. The minimum atomic E-state index is -2.80. The van der Waals surface area contributed by atoms with Gasteiger partial charge in [0, 0.05) is 31.3 Å². The lowest BCUT2D eigenvalue weighted by Crippen LogP contribution is -2.32. The number of likely N-dealkylation sites (N-methyl/N-ethyl adjacent to an activating group) is 1. The number of carbonyl (C=O) groups is 1. The van der Waals surface area contributed by atoms with Gasteiger partial charge in [-0.2, -0.15) is 13.9 Å². The number of benzene rings is 1. The molecule has 28 heavy (non-hydrogen) atoms. The molecule has 1 N–H and O–H groups in total. The van der Waals surface area contributed by atoms with Gasteiger partial charge in [-0.15, -0.1) is 0 Å². The lowest BCUT2D eigenvalue weighted by Gasteiger charge is -2.17. The minimum absolute atomic E-state index is 0.185. The van der Waals surface area contributed by atoms with E-state index in [1.807, 2.05) is 0 Å². The summed E-state index contributed by atoms with van der Waals surface area (Å²) in [4.78, 5) is 14.8. The van der Waals surface area contributed by atoms with Crippen molar-refractivity contribution in [3.63, 3.8) is 0 Å². The van der Waals surface area contributed by atoms with Crippen molar-refractivity contribution in [3.05, 3.63) is 47.3 Å². The number of anilines is 1. The van der Waals surface area contributed by atoms with E-state index in [-0.39, 0.29) is 5.69 Å². The Morgan fingerprint density at radius 1 is 1.36 bits per heavy atom. The van der Waals surface area contributed by atoms with Crippen molar-refractivity contribution in [1.29, 1.82) is 0 Å². The molecule has 0 spiro atoms. The highest BCUT2D eigenvalue weighted by molar-refractivity contribution is 7.80. The highest BCUT2D eigenvalue weighted by atomic mass is 32.1. The molecule has 5 nitrogen and oxygen atoms in total. The number of aryl methyl sites for hydroxylation is 1. The Morgan fingerprint density at radius 2 is 2.07 bits per heavy atom. The monoisotopic (exact) mass is 414 g/mol. The molecule has 2 aromatic rings. The van der Waals surface area contributed by atoms with E-state index in [9.17, 15) is 22.4 Å². The molecule has 1 aliphatic rings. The number of hydrogen-bond donors (Lipinski definition) is 1. The highest BCUT2D eigenvalue weighted by Crippen LogP contribution is 2.35. The van der Waals surface area contributed by atoms with Crippen molar-refractivity contribution < 1.29 is 22.4 Å². The molecule has 1 amide bonds. The maximum Gasteiger partial charge on any atom is 0.333 e. The maximum absolute atomic E-state index is 13.9. The van der Waals surface area contributed by atoms with E-state index in [2.05, 4.69) is 10.4 Å². The number of thiocarbonyl (C=S) groups is 1. The summed E-state index contributed by atoms with van der Waals surface area (Å²) in [7, 11) is 1.69. The quantitative estimate of drug-likeness (QED) is 0.598. The molecule has 2 heterocycles. The number of alkyl halides is 2. The molecule has 0 aliphatic carbocycles. The SMILES string of the molecule is CCc1cc(C2CN(C)C(=S)C2C(=O)Nc2ccc(F)cc2F)nn1C(F)F. The average Bonchev–Trinajstić information content (AvgIpc) is 3.19. The summed E-state index contributed by atoms with van der Waals surface area (Å²) in [5, 5.41) is 6.39. The molecule has 0 bridgehead atoms. The van der Waals surface area contributed by atoms with Crippen LogP contribution in [-0.4, -0.2) is 39.2 Å². The van der Waals surface area contributed by atoms with Crippen LogP contribution in [0.5, 0.6) is 0 Å². The lowest BCUT2D eigenvalue weighted by molar-refractivity contribution is -0.118. The standard InChI is InChI=1S/C18H18F4N4OS/c1-3-10-7-14(24-26(10)18(21)22)11-8-25(2)17(28)15(11)16(27)23-13-5-4-9(19)6-12(13)20/h4-7,11,15,18H,3,8H2,1-2H3,(H,23,27). The number of nitrogens with one attached hydrogen (secondary N) is 1. The lowest BCUT2D eigenvalue weighted by atomic mass is 9.91.